The van der Waals surface area contributed by atoms with Gasteiger partial charge in [-0.25, -0.2) is 0 Å². The molecule has 6 heteroatoms. The van der Waals surface area contributed by atoms with Crippen molar-refractivity contribution in [3.63, 3.8) is 0 Å². The lowest BCUT2D eigenvalue weighted by Crippen LogP contribution is -2.45. The van der Waals surface area contributed by atoms with Crippen LogP contribution in [0.5, 0.6) is 0 Å². The van der Waals surface area contributed by atoms with Crippen LogP contribution >= 0.6 is 19.4 Å². The molecule has 3 fully saturated rings. The Balaban J connectivity index is 1.90. The molecular formula is C13H24NO3PS. The molecule has 2 aliphatic heterocycles. The number of thioether (sulfide) groups is 1. The zero-order valence-electron chi connectivity index (χ0n) is 11.8. The highest BCUT2D eigenvalue weighted by molar-refractivity contribution is 8.02. The van der Waals surface area contributed by atoms with Gasteiger partial charge in [0, 0.05) is 4.75 Å². The van der Waals surface area contributed by atoms with Gasteiger partial charge in [-0.3, -0.25) is 9.88 Å². The molecule has 1 spiro atoms. The largest absolute Gasteiger partial charge is 0.348 e. The highest BCUT2D eigenvalue weighted by Gasteiger charge is 2.60. The molecule has 110 valence electrons. The molecule has 3 rings (SSSR count). The van der Waals surface area contributed by atoms with Crippen molar-refractivity contribution in [1.82, 2.24) is 5.32 Å². The van der Waals surface area contributed by atoms with Crippen molar-refractivity contribution >= 4 is 19.4 Å². The van der Waals surface area contributed by atoms with E-state index < -0.39 is 7.60 Å². The minimum Gasteiger partial charge on any atom is -0.307 e. The van der Waals surface area contributed by atoms with Gasteiger partial charge in [0.2, 0.25) is 0 Å². The normalized spacial score (nSPS) is 36.4. The van der Waals surface area contributed by atoms with E-state index >= 15 is 0 Å². The average molecular weight is 305 g/mol. The van der Waals surface area contributed by atoms with Crippen LogP contribution in [-0.4, -0.2) is 28.6 Å². The van der Waals surface area contributed by atoms with Crippen molar-refractivity contribution in [2.45, 2.75) is 67.8 Å². The molecule has 0 aromatic carbocycles. The lowest BCUT2D eigenvalue weighted by atomic mass is 9.88. The third kappa shape index (κ3) is 2.65. The lowest BCUT2D eigenvalue weighted by molar-refractivity contribution is 0.131. The Morgan fingerprint density at radius 2 is 1.74 bits per heavy atom. The van der Waals surface area contributed by atoms with Gasteiger partial charge < -0.3 is 9.05 Å². The predicted molar refractivity (Wildman–Crippen MR) is 78.5 cm³/mol. The first kappa shape index (κ1) is 14.4. The minimum atomic E-state index is -3.01. The lowest BCUT2D eigenvalue weighted by Gasteiger charge is -2.40. The smallest absolute Gasteiger partial charge is 0.307 e. The quantitative estimate of drug-likeness (QED) is 0.748. The molecule has 0 radical (unpaired) electrons. The van der Waals surface area contributed by atoms with Gasteiger partial charge in [0.05, 0.1) is 18.1 Å². The molecule has 2 heterocycles. The second-order valence-corrected chi connectivity index (χ2v) is 10.5. The van der Waals surface area contributed by atoms with E-state index in [0.717, 1.165) is 19.3 Å². The fourth-order valence-corrected chi connectivity index (χ4v) is 8.52. The summed E-state index contributed by atoms with van der Waals surface area (Å²) in [6.07, 6.45) is 6.83. The Kier molecular flexibility index (Phi) is 3.81. The van der Waals surface area contributed by atoms with Crippen LogP contribution in [0.2, 0.25) is 0 Å². The van der Waals surface area contributed by atoms with E-state index in [1.54, 1.807) is 0 Å². The standard InChI is InChI=1S/C13H24NO3PS/c1-12(2)14-11(18(15)16-9-6-10-17-18)13(19-12)7-4-3-5-8-13/h11,14H,3-10H2,1-2H3/t11-/m1/s1. The molecule has 0 bridgehead atoms. The number of rotatable bonds is 1. The maximum atomic E-state index is 13.1. The zero-order valence-corrected chi connectivity index (χ0v) is 13.5. The Morgan fingerprint density at radius 1 is 1.11 bits per heavy atom. The van der Waals surface area contributed by atoms with Crippen molar-refractivity contribution in [1.29, 1.82) is 0 Å². The fourth-order valence-electron chi connectivity index (χ4n) is 3.58. The van der Waals surface area contributed by atoms with Gasteiger partial charge in [0.1, 0.15) is 5.78 Å². The van der Waals surface area contributed by atoms with Gasteiger partial charge >= 0.3 is 7.60 Å². The molecule has 4 nitrogen and oxygen atoms in total. The molecule has 1 atom stereocenters. The molecule has 0 aromatic heterocycles. The Bertz CT molecular complexity index is 385. The first-order chi connectivity index (χ1) is 8.96. The molecule has 1 saturated carbocycles. The molecule has 0 aromatic rings. The van der Waals surface area contributed by atoms with Crippen LogP contribution in [-0.2, 0) is 13.6 Å². The molecule has 2 saturated heterocycles. The topological polar surface area (TPSA) is 47.6 Å². The first-order valence-corrected chi connectivity index (χ1v) is 9.75. The van der Waals surface area contributed by atoms with Gasteiger partial charge in [0.25, 0.3) is 0 Å². The van der Waals surface area contributed by atoms with Crippen molar-refractivity contribution in [3.05, 3.63) is 0 Å². The summed E-state index contributed by atoms with van der Waals surface area (Å²) in [7, 11) is -3.01. The summed E-state index contributed by atoms with van der Waals surface area (Å²) in [5.74, 6) is -0.138. The van der Waals surface area contributed by atoms with Crippen LogP contribution in [0.3, 0.4) is 0 Å². The van der Waals surface area contributed by atoms with E-state index in [-0.39, 0.29) is 15.4 Å². The van der Waals surface area contributed by atoms with E-state index in [9.17, 15) is 4.57 Å². The van der Waals surface area contributed by atoms with Crippen LogP contribution in [0.4, 0.5) is 0 Å². The number of hydrogen-bond acceptors (Lipinski definition) is 5. The summed E-state index contributed by atoms with van der Waals surface area (Å²) in [6.45, 7) is 5.47. The molecule has 19 heavy (non-hydrogen) atoms. The third-order valence-corrected chi connectivity index (χ3v) is 8.48. The summed E-state index contributed by atoms with van der Waals surface area (Å²) in [5, 5.41) is 3.55. The van der Waals surface area contributed by atoms with Gasteiger partial charge in [-0.2, -0.15) is 0 Å². The number of nitrogens with one attached hydrogen (secondary N) is 1. The molecule has 0 unspecified atom stereocenters. The van der Waals surface area contributed by atoms with Gasteiger partial charge in [-0.1, -0.05) is 19.3 Å². The second kappa shape index (κ2) is 5.03. The minimum absolute atomic E-state index is 0.0363. The summed E-state index contributed by atoms with van der Waals surface area (Å²) in [4.78, 5) is -0.0520. The van der Waals surface area contributed by atoms with Gasteiger partial charge in [-0.15, -0.1) is 11.8 Å². The molecule has 1 N–H and O–H groups in total. The van der Waals surface area contributed by atoms with Gasteiger partial charge in [-0.05, 0) is 33.1 Å². The highest BCUT2D eigenvalue weighted by atomic mass is 32.2. The summed E-state index contributed by atoms with van der Waals surface area (Å²) < 4.78 is 24.4. The molecule has 1 aliphatic carbocycles. The highest BCUT2D eigenvalue weighted by Crippen LogP contribution is 2.67. The van der Waals surface area contributed by atoms with Crippen molar-refractivity contribution in [2.75, 3.05) is 13.2 Å². The van der Waals surface area contributed by atoms with Crippen molar-refractivity contribution < 1.29 is 13.6 Å². The van der Waals surface area contributed by atoms with E-state index in [0.29, 0.717) is 13.2 Å². The third-order valence-electron chi connectivity index (χ3n) is 4.29. The summed E-state index contributed by atoms with van der Waals surface area (Å²) >= 11 is 1.95. The SMILES string of the molecule is CC1(C)N[C@H](P2(=O)OCCCO2)C2(CCCCC2)S1. The Labute approximate surface area is 119 Å². The van der Waals surface area contributed by atoms with Crippen LogP contribution in [0.15, 0.2) is 0 Å². The molecule has 0 amide bonds. The molecule has 3 aliphatic rings. The van der Waals surface area contributed by atoms with E-state index in [1.807, 2.05) is 11.8 Å². The van der Waals surface area contributed by atoms with Crippen LogP contribution in [0, 0.1) is 0 Å². The van der Waals surface area contributed by atoms with Crippen LogP contribution in [0.1, 0.15) is 52.4 Å². The summed E-state index contributed by atoms with van der Waals surface area (Å²) in [6, 6.07) is 0. The van der Waals surface area contributed by atoms with Crippen LogP contribution < -0.4 is 5.32 Å². The second-order valence-electron chi connectivity index (χ2n) is 6.34. The summed E-state index contributed by atoms with van der Waals surface area (Å²) in [5.41, 5.74) is 0. The first-order valence-electron chi connectivity index (χ1n) is 7.33. The van der Waals surface area contributed by atoms with E-state index in [2.05, 4.69) is 19.2 Å². The van der Waals surface area contributed by atoms with Gasteiger partial charge in [0.15, 0.2) is 0 Å². The molecular weight excluding hydrogens is 281 g/mol. The fraction of sp³-hybridized carbons (Fsp3) is 1.00. The van der Waals surface area contributed by atoms with Crippen molar-refractivity contribution in [2.24, 2.45) is 0 Å². The predicted octanol–water partition coefficient (Wildman–Crippen LogP) is 3.72. The van der Waals surface area contributed by atoms with E-state index in [1.165, 1.54) is 19.3 Å². The maximum absolute atomic E-state index is 13.1. The average Bonchev–Trinajstić information content (AvgIpc) is 2.63. The van der Waals surface area contributed by atoms with Crippen molar-refractivity contribution in [3.8, 4) is 0 Å². The maximum Gasteiger partial charge on any atom is 0.348 e. The Hall–Kier alpha value is 0.460. The zero-order chi connectivity index (χ0) is 13.6. The van der Waals surface area contributed by atoms with E-state index in [4.69, 9.17) is 9.05 Å². The monoisotopic (exact) mass is 305 g/mol. The number of hydrogen-bond donors (Lipinski definition) is 1. The Morgan fingerprint density at radius 3 is 2.37 bits per heavy atom. The van der Waals surface area contributed by atoms with Crippen LogP contribution in [0.25, 0.3) is 0 Å².